The number of aliphatic hydroxyl groups is 1. The second-order valence-corrected chi connectivity index (χ2v) is 4.83. The lowest BCUT2D eigenvalue weighted by Gasteiger charge is -2.04. The van der Waals surface area contributed by atoms with Crippen LogP contribution >= 0.6 is 0 Å². The largest absolute Gasteiger partial charge is 0.744 e. The van der Waals surface area contributed by atoms with Crippen LogP contribution in [0.2, 0.25) is 0 Å². The first kappa shape index (κ1) is 15.0. The molecule has 0 aliphatic carbocycles. The van der Waals surface area contributed by atoms with Gasteiger partial charge in [0, 0.05) is 0 Å². The van der Waals surface area contributed by atoms with Crippen molar-refractivity contribution in [3.8, 4) is 0 Å². The first-order chi connectivity index (χ1) is 7.38. The summed E-state index contributed by atoms with van der Waals surface area (Å²) in [4.78, 5) is 1.10. The molecule has 16 heavy (non-hydrogen) atoms. The van der Waals surface area contributed by atoms with E-state index in [-0.39, 0.29) is 4.90 Å². The lowest BCUT2D eigenvalue weighted by molar-refractivity contribution is -0.858. The molecule has 2 N–H and O–H groups in total. The van der Waals surface area contributed by atoms with Crippen molar-refractivity contribution in [3.63, 3.8) is 0 Å². The third kappa shape index (κ3) is 7.36. The van der Waals surface area contributed by atoms with Gasteiger partial charge in [0.2, 0.25) is 0 Å². The van der Waals surface area contributed by atoms with Gasteiger partial charge < -0.3 is 14.6 Å². The van der Waals surface area contributed by atoms with Gasteiger partial charge >= 0.3 is 0 Å². The molecule has 0 aromatic heterocycles. The average Bonchev–Trinajstić information content (AvgIpc) is 2.18. The molecule has 0 spiro atoms. The smallest absolute Gasteiger partial charge is 0.124 e. The third-order valence-electron chi connectivity index (χ3n) is 1.64. The summed E-state index contributed by atoms with van der Waals surface area (Å²) in [5.41, 5.74) is 0. The van der Waals surface area contributed by atoms with Gasteiger partial charge in [0.15, 0.2) is 0 Å². The lowest BCUT2D eigenvalue weighted by atomic mass is 10.4. The number of aliphatic hydroxyl groups excluding tert-OH is 1. The summed E-state index contributed by atoms with van der Waals surface area (Å²) in [6, 6.07) is 7.19. The van der Waals surface area contributed by atoms with Crippen LogP contribution in [0.5, 0.6) is 0 Å². The van der Waals surface area contributed by atoms with E-state index >= 15 is 0 Å². The molecule has 0 fully saturated rings. The Labute approximate surface area is 96.1 Å². The molecule has 1 aromatic carbocycles. The van der Waals surface area contributed by atoms with Crippen molar-refractivity contribution in [1.82, 2.24) is 0 Å². The SMILES string of the molecule is C[NH+](C)CCO.O=S(=O)([O-])c1ccccc1. The molecule has 6 heteroatoms. The summed E-state index contributed by atoms with van der Waals surface area (Å²) in [6.07, 6.45) is 0. The lowest BCUT2D eigenvalue weighted by Crippen LogP contribution is -3.06. The first-order valence-corrected chi connectivity index (χ1v) is 6.19. The van der Waals surface area contributed by atoms with Gasteiger partial charge in [0.1, 0.15) is 16.7 Å². The summed E-state index contributed by atoms with van der Waals surface area (Å²) in [5.74, 6) is 0. The molecule has 92 valence electrons. The first-order valence-electron chi connectivity index (χ1n) is 4.78. The molecule has 0 saturated carbocycles. The predicted octanol–water partition coefficient (Wildman–Crippen LogP) is -1.29. The summed E-state index contributed by atoms with van der Waals surface area (Å²) >= 11 is 0. The fourth-order valence-electron chi connectivity index (χ4n) is 0.811. The van der Waals surface area contributed by atoms with Crippen LogP contribution in [0.1, 0.15) is 0 Å². The Bertz CT molecular complexity index is 375. The van der Waals surface area contributed by atoms with Crippen molar-refractivity contribution in [1.29, 1.82) is 0 Å². The van der Waals surface area contributed by atoms with Gasteiger partial charge in [-0.3, -0.25) is 0 Å². The fourth-order valence-corrected chi connectivity index (χ4v) is 1.30. The number of rotatable bonds is 3. The molecule has 0 amide bonds. The summed E-state index contributed by atoms with van der Waals surface area (Å²) in [6.45, 7) is 1.14. The molecule has 0 unspecified atom stereocenters. The highest BCUT2D eigenvalue weighted by Crippen LogP contribution is 2.04. The molecular weight excluding hydrogens is 230 g/mol. The molecule has 0 atom stereocenters. The molecule has 5 nitrogen and oxygen atoms in total. The zero-order valence-electron chi connectivity index (χ0n) is 9.38. The summed E-state index contributed by atoms with van der Waals surface area (Å²) in [5, 5.41) is 8.22. The molecule has 1 rings (SSSR count). The summed E-state index contributed by atoms with van der Waals surface area (Å²) < 4.78 is 30.8. The number of hydrogen-bond acceptors (Lipinski definition) is 4. The minimum Gasteiger partial charge on any atom is -0.744 e. The minimum atomic E-state index is -4.25. The van der Waals surface area contributed by atoms with Gasteiger partial charge in [-0.05, 0) is 12.1 Å². The van der Waals surface area contributed by atoms with Crippen LogP contribution in [0, 0.1) is 0 Å². The van der Waals surface area contributed by atoms with Crippen LogP contribution in [-0.2, 0) is 10.1 Å². The van der Waals surface area contributed by atoms with Gasteiger partial charge in [0.05, 0.1) is 25.6 Å². The topological polar surface area (TPSA) is 81.9 Å². The van der Waals surface area contributed by atoms with Crippen LogP contribution < -0.4 is 4.90 Å². The molecule has 0 saturated heterocycles. The Morgan fingerprint density at radius 3 is 1.94 bits per heavy atom. The highest BCUT2D eigenvalue weighted by atomic mass is 32.2. The third-order valence-corrected chi connectivity index (χ3v) is 2.49. The summed E-state index contributed by atoms with van der Waals surface area (Å²) in [7, 11) is -0.233. The van der Waals surface area contributed by atoms with Crippen LogP contribution in [0.4, 0.5) is 0 Å². The van der Waals surface area contributed by atoms with Gasteiger partial charge in [-0.1, -0.05) is 18.2 Å². The van der Waals surface area contributed by atoms with Crippen molar-refractivity contribution in [2.45, 2.75) is 4.90 Å². The molecule has 0 radical (unpaired) electrons. The van der Waals surface area contributed by atoms with Gasteiger partial charge in [-0.15, -0.1) is 0 Å². The van der Waals surface area contributed by atoms with Crippen LogP contribution in [0.15, 0.2) is 35.2 Å². The number of quaternary nitrogens is 1. The number of hydrogen-bond donors (Lipinski definition) is 2. The van der Waals surface area contributed by atoms with Crippen molar-refractivity contribution in [3.05, 3.63) is 30.3 Å². The van der Waals surface area contributed by atoms with Crippen molar-refractivity contribution >= 4 is 10.1 Å². The van der Waals surface area contributed by atoms with E-state index in [1.54, 1.807) is 6.07 Å². The fraction of sp³-hybridized carbons (Fsp3) is 0.400. The Morgan fingerprint density at radius 2 is 1.75 bits per heavy atom. The maximum Gasteiger partial charge on any atom is 0.124 e. The van der Waals surface area contributed by atoms with Crippen LogP contribution in [0.25, 0.3) is 0 Å². The zero-order valence-corrected chi connectivity index (χ0v) is 10.2. The van der Waals surface area contributed by atoms with Crippen LogP contribution in [0.3, 0.4) is 0 Å². The van der Waals surface area contributed by atoms with E-state index in [0.717, 1.165) is 6.54 Å². The van der Waals surface area contributed by atoms with E-state index in [2.05, 4.69) is 0 Å². The van der Waals surface area contributed by atoms with Crippen molar-refractivity contribution in [2.24, 2.45) is 0 Å². The predicted molar refractivity (Wildman–Crippen MR) is 59.2 cm³/mol. The second-order valence-electron chi connectivity index (χ2n) is 3.45. The monoisotopic (exact) mass is 247 g/mol. The second kappa shape index (κ2) is 7.34. The molecule has 0 aliphatic rings. The molecule has 0 aliphatic heterocycles. The Morgan fingerprint density at radius 1 is 1.25 bits per heavy atom. The van der Waals surface area contributed by atoms with Crippen molar-refractivity contribution in [2.75, 3.05) is 27.2 Å². The Kier molecular flexibility index (Phi) is 6.91. The number of nitrogens with one attached hydrogen (secondary N) is 1. The van der Waals surface area contributed by atoms with Crippen molar-refractivity contribution < 1.29 is 23.0 Å². The number of likely N-dealkylation sites (N-methyl/N-ethyl adjacent to an activating group) is 1. The number of benzene rings is 1. The van der Waals surface area contributed by atoms with E-state index in [4.69, 9.17) is 5.11 Å². The molecule has 1 aromatic rings. The van der Waals surface area contributed by atoms with Crippen LogP contribution in [-0.4, -0.2) is 45.3 Å². The normalized spacial score (nSPS) is 10.8. The van der Waals surface area contributed by atoms with Gasteiger partial charge in [-0.25, -0.2) is 8.42 Å². The highest BCUT2D eigenvalue weighted by molar-refractivity contribution is 7.85. The Balaban J connectivity index is 0.000000325. The standard InChI is InChI=1S/C6H6O3S.C4H11NO/c7-10(8,9)6-4-2-1-3-5-6;1-5(2)3-4-6/h1-5H,(H,7,8,9);6H,3-4H2,1-2H3. The van der Waals surface area contributed by atoms with E-state index in [1.807, 2.05) is 14.1 Å². The van der Waals surface area contributed by atoms with E-state index < -0.39 is 10.1 Å². The molecular formula is C10H17NO4S. The Hall–Kier alpha value is -0.950. The molecule has 0 heterocycles. The quantitative estimate of drug-likeness (QED) is 0.651. The van der Waals surface area contributed by atoms with E-state index in [1.165, 1.54) is 29.2 Å². The van der Waals surface area contributed by atoms with E-state index in [9.17, 15) is 13.0 Å². The highest BCUT2D eigenvalue weighted by Gasteiger charge is 1.95. The minimum absolute atomic E-state index is 0.185. The van der Waals surface area contributed by atoms with Gasteiger partial charge in [-0.2, -0.15) is 0 Å². The maximum atomic E-state index is 10.3. The van der Waals surface area contributed by atoms with Gasteiger partial charge in [0.25, 0.3) is 0 Å². The average molecular weight is 247 g/mol. The van der Waals surface area contributed by atoms with E-state index in [0.29, 0.717) is 6.61 Å². The zero-order chi connectivity index (χ0) is 12.6. The maximum absolute atomic E-state index is 10.3. The molecule has 0 bridgehead atoms.